The van der Waals surface area contributed by atoms with Gasteiger partial charge in [-0.1, -0.05) is 11.6 Å². The highest BCUT2D eigenvalue weighted by molar-refractivity contribution is 8.18. The number of benzene rings is 1. The fraction of sp³-hybridized carbons (Fsp3) is 0.286. The van der Waals surface area contributed by atoms with Gasteiger partial charge in [0.15, 0.2) is 11.5 Å². The molecule has 0 saturated carbocycles. The van der Waals surface area contributed by atoms with E-state index < -0.39 is 0 Å². The van der Waals surface area contributed by atoms with E-state index in [0.717, 1.165) is 11.8 Å². The first kappa shape index (κ1) is 14.3. The number of ether oxygens (including phenoxy) is 2. The fourth-order valence-electron chi connectivity index (χ4n) is 2.11. The first-order valence-electron chi connectivity index (χ1n) is 6.33. The number of carbonyl (C=O) groups excluding carboxylic acids is 2. The maximum atomic E-state index is 12.2. The summed E-state index contributed by atoms with van der Waals surface area (Å²) in [5, 5.41) is 0.175. The lowest BCUT2D eigenvalue weighted by atomic mass is 10.1. The van der Waals surface area contributed by atoms with Gasteiger partial charge in [0.2, 0.25) is 6.79 Å². The van der Waals surface area contributed by atoms with Crippen molar-refractivity contribution in [2.45, 2.75) is 19.9 Å². The van der Waals surface area contributed by atoms with Crippen LogP contribution < -0.4 is 9.47 Å². The van der Waals surface area contributed by atoms with Crippen LogP contribution in [0.1, 0.15) is 19.4 Å². The van der Waals surface area contributed by atoms with Gasteiger partial charge in [0.25, 0.3) is 11.1 Å². The molecule has 3 rings (SSSR count). The molecule has 0 bridgehead atoms. The van der Waals surface area contributed by atoms with Gasteiger partial charge in [-0.2, -0.15) is 0 Å². The third kappa shape index (κ3) is 2.49. The number of halogens is 1. The fourth-order valence-corrected chi connectivity index (χ4v) is 3.27. The first-order chi connectivity index (χ1) is 9.97. The molecule has 1 saturated heterocycles. The molecule has 0 spiro atoms. The van der Waals surface area contributed by atoms with E-state index in [4.69, 9.17) is 21.1 Å². The van der Waals surface area contributed by atoms with Crippen molar-refractivity contribution in [2.75, 3.05) is 6.79 Å². The Morgan fingerprint density at radius 2 is 1.95 bits per heavy atom. The van der Waals surface area contributed by atoms with Crippen LogP contribution >= 0.6 is 23.4 Å². The molecule has 21 heavy (non-hydrogen) atoms. The molecule has 2 heterocycles. The Hall–Kier alpha value is -1.66. The second-order valence-electron chi connectivity index (χ2n) is 4.87. The van der Waals surface area contributed by atoms with Crippen molar-refractivity contribution >= 4 is 40.6 Å². The maximum Gasteiger partial charge on any atom is 0.293 e. The third-order valence-electron chi connectivity index (χ3n) is 3.12. The molecule has 7 heteroatoms. The van der Waals surface area contributed by atoms with Crippen molar-refractivity contribution in [3.63, 3.8) is 0 Å². The van der Waals surface area contributed by atoms with Crippen LogP contribution in [0, 0.1) is 0 Å². The summed E-state index contributed by atoms with van der Waals surface area (Å²) in [4.78, 5) is 25.7. The summed E-state index contributed by atoms with van der Waals surface area (Å²) in [6.45, 7) is 3.75. The van der Waals surface area contributed by atoms with Crippen LogP contribution in [0.3, 0.4) is 0 Å². The number of amides is 2. The van der Waals surface area contributed by atoms with Crippen LogP contribution in [-0.2, 0) is 4.79 Å². The molecular weight excluding hydrogens is 314 g/mol. The SMILES string of the molecule is CC(C)N1C(=O)SC(=Cc2cc3c(cc2Cl)OCO3)C1=O. The summed E-state index contributed by atoms with van der Waals surface area (Å²) in [5.41, 5.74) is 0.621. The summed E-state index contributed by atoms with van der Waals surface area (Å²) in [5.74, 6) is 0.856. The van der Waals surface area contributed by atoms with Crippen molar-refractivity contribution in [2.24, 2.45) is 0 Å². The Bertz CT molecular complexity index is 671. The molecule has 0 atom stereocenters. The zero-order valence-corrected chi connectivity index (χ0v) is 13.0. The van der Waals surface area contributed by atoms with Crippen molar-refractivity contribution < 1.29 is 19.1 Å². The van der Waals surface area contributed by atoms with E-state index in [2.05, 4.69) is 0 Å². The lowest BCUT2D eigenvalue weighted by Crippen LogP contribution is -2.34. The van der Waals surface area contributed by atoms with E-state index in [9.17, 15) is 9.59 Å². The Kier molecular flexibility index (Phi) is 3.59. The molecule has 0 aromatic heterocycles. The number of imide groups is 1. The smallest absolute Gasteiger partial charge is 0.293 e. The monoisotopic (exact) mass is 325 g/mol. The van der Waals surface area contributed by atoms with Crippen LogP contribution in [0.4, 0.5) is 4.79 Å². The second-order valence-corrected chi connectivity index (χ2v) is 6.27. The molecule has 1 aromatic rings. The van der Waals surface area contributed by atoms with Crippen molar-refractivity contribution in [1.82, 2.24) is 4.90 Å². The van der Waals surface area contributed by atoms with E-state index in [1.807, 2.05) is 0 Å². The average Bonchev–Trinajstić information content (AvgIpc) is 2.94. The van der Waals surface area contributed by atoms with E-state index in [0.29, 0.717) is 27.0 Å². The van der Waals surface area contributed by atoms with Crippen molar-refractivity contribution in [3.8, 4) is 11.5 Å². The third-order valence-corrected chi connectivity index (χ3v) is 4.33. The molecule has 2 amide bonds. The number of hydrogen-bond donors (Lipinski definition) is 0. The van der Waals surface area contributed by atoms with Crippen LogP contribution in [-0.4, -0.2) is 28.9 Å². The number of hydrogen-bond acceptors (Lipinski definition) is 5. The quantitative estimate of drug-likeness (QED) is 0.779. The van der Waals surface area contributed by atoms with Crippen LogP contribution in [0.2, 0.25) is 5.02 Å². The molecule has 0 N–H and O–H groups in total. The van der Waals surface area contributed by atoms with Gasteiger partial charge in [0.05, 0.1) is 9.93 Å². The normalized spacial score (nSPS) is 19.2. The molecular formula is C14H12ClNO4S. The lowest BCUT2D eigenvalue weighted by molar-refractivity contribution is -0.123. The highest BCUT2D eigenvalue weighted by Gasteiger charge is 2.36. The number of carbonyl (C=O) groups is 2. The molecule has 0 unspecified atom stereocenters. The van der Waals surface area contributed by atoms with Crippen molar-refractivity contribution in [3.05, 3.63) is 27.6 Å². The topological polar surface area (TPSA) is 55.8 Å². The standard InChI is InChI=1S/C14H12ClNO4S/c1-7(2)16-13(17)12(21-14(16)18)4-8-3-10-11(5-9(8)15)20-6-19-10/h3-5,7H,6H2,1-2H3. The number of nitrogens with zero attached hydrogens (tertiary/aromatic N) is 1. The molecule has 2 aliphatic rings. The molecule has 1 aromatic carbocycles. The van der Waals surface area contributed by atoms with Gasteiger partial charge in [-0.3, -0.25) is 14.5 Å². The Morgan fingerprint density at radius 3 is 2.57 bits per heavy atom. The number of fused-ring (bicyclic) bond motifs is 1. The minimum absolute atomic E-state index is 0.152. The van der Waals surface area contributed by atoms with E-state index in [1.54, 1.807) is 32.1 Å². The van der Waals surface area contributed by atoms with Gasteiger partial charge >= 0.3 is 0 Å². The highest BCUT2D eigenvalue weighted by Crippen LogP contribution is 2.40. The van der Waals surface area contributed by atoms with E-state index >= 15 is 0 Å². The molecule has 2 aliphatic heterocycles. The number of thioether (sulfide) groups is 1. The van der Waals surface area contributed by atoms with Gasteiger partial charge in [-0.15, -0.1) is 0 Å². The van der Waals surface area contributed by atoms with Gasteiger partial charge in [0, 0.05) is 12.1 Å². The zero-order chi connectivity index (χ0) is 15.1. The van der Waals surface area contributed by atoms with E-state index in [-0.39, 0.29) is 24.0 Å². The zero-order valence-electron chi connectivity index (χ0n) is 11.4. The van der Waals surface area contributed by atoms with Gasteiger partial charge < -0.3 is 9.47 Å². The highest BCUT2D eigenvalue weighted by atomic mass is 35.5. The van der Waals surface area contributed by atoms with Gasteiger partial charge in [-0.05, 0) is 43.3 Å². The first-order valence-corrected chi connectivity index (χ1v) is 7.53. The summed E-state index contributed by atoms with van der Waals surface area (Å²) in [6.07, 6.45) is 1.61. The summed E-state index contributed by atoms with van der Waals surface area (Å²) in [6, 6.07) is 3.17. The maximum absolute atomic E-state index is 12.2. The summed E-state index contributed by atoms with van der Waals surface area (Å²) < 4.78 is 10.5. The van der Waals surface area contributed by atoms with Gasteiger partial charge in [0.1, 0.15) is 0 Å². The minimum Gasteiger partial charge on any atom is -0.454 e. The Balaban J connectivity index is 1.96. The predicted molar refractivity (Wildman–Crippen MR) is 80.5 cm³/mol. The number of rotatable bonds is 2. The van der Waals surface area contributed by atoms with Gasteiger partial charge in [-0.25, -0.2) is 0 Å². The lowest BCUT2D eigenvalue weighted by Gasteiger charge is -2.16. The van der Waals surface area contributed by atoms with E-state index in [1.165, 1.54) is 4.90 Å². The predicted octanol–water partition coefficient (Wildman–Crippen LogP) is 3.51. The van der Waals surface area contributed by atoms with Crippen LogP contribution in [0.25, 0.3) is 6.08 Å². The molecule has 5 nitrogen and oxygen atoms in total. The molecule has 1 fully saturated rings. The molecule has 110 valence electrons. The minimum atomic E-state index is -0.297. The van der Waals surface area contributed by atoms with Crippen molar-refractivity contribution in [1.29, 1.82) is 0 Å². The molecule has 0 aliphatic carbocycles. The summed E-state index contributed by atoms with van der Waals surface area (Å²) >= 11 is 7.08. The molecule has 0 radical (unpaired) electrons. The average molecular weight is 326 g/mol. The largest absolute Gasteiger partial charge is 0.454 e. The Labute approximate surface area is 130 Å². The summed E-state index contributed by atoms with van der Waals surface area (Å²) in [7, 11) is 0. The Morgan fingerprint density at radius 1 is 1.29 bits per heavy atom. The van der Waals surface area contributed by atoms with Crippen LogP contribution in [0.15, 0.2) is 17.0 Å². The second kappa shape index (κ2) is 5.27. The van der Waals surface area contributed by atoms with Crippen LogP contribution in [0.5, 0.6) is 11.5 Å².